The number of nitrogens with one attached hydrogen (secondary N) is 1. The van der Waals surface area contributed by atoms with Crippen molar-refractivity contribution in [3.05, 3.63) is 89.5 Å². The number of amides is 2. The number of hydrogen-bond donors (Lipinski definition) is 2. The molecule has 0 atom stereocenters. The Balaban J connectivity index is 1.24. The van der Waals surface area contributed by atoms with Gasteiger partial charge in [0.15, 0.2) is 0 Å². The normalized spacial score (nSPS) is 14.1. The highest BCUT2D eigenvalue weighted by atomic mass is 19.1. The molecule has 0 aliphatic carbocycles. The molecular formula is C30H31FN4O3. The number of aryl methyl sites for hydroxylation is 1. The number of likely N-dealkylation sites (tertiary alicyclic amines) is 1. The fourth-order valence-electron chi connectivity index (χ4n) is 5.10. The van der Waals surface area contributed by atoms with Gasteiger partial charge in [0.1, 0.15) is 11.6 Å². The Kier molecular flexibility index (Phi) is 7.51. The number of aliphatic hydroxyl groups is 1. The minimum atomic E-state index is -0.315. The molecule has 196 valence electrons. The lowest BCUT2D eigenvalue weighted by Crippen LogP contribution is -2.39. The predicted molar refractivity (Wildman–Crippen MR) is 145 cm³/mol. The molecule has 0 unspecified atom stereocenters. The molecule has 0 radical (unpaired) electrons. The summed E-state index contributed by atoms with van der Waals surface area (Å²) in [5.41, 5.74) is 4.28. The third-order valence-electron chi connectivity index (χ3n) is 7.24. The van der Waals surface area contributed by atoms with Gasteiger partial charge >= 0.3 is 0 Å². The Morgan fingerprint density at radius 1 is 1.03 bits per heavy atom. The molecule has 1 aromatic heterocycles. The zero-order valence-electron chi connectivity index (χ0n) is 21.4. The van der Waals surface area contributed by atoms with Crippen LogP contribution in [0.5, 0.6) is 0 Å². The van der Waals surface area contributed by atoms with Crippen LogP contribution in [0.4, 0.5) is 10.1 Å². The van der Waals surface area contributed by atoms with E-state index in [9.17, 15) is 14.0 Å². The number of rotatable bonds is 7. The minimum absolute atomic E-state index is 0.102. The van der Waals surface area contributed by atoms with Crippen LogP contribution in [-0.2, 0) is 11.2 Å². The molecule has 4 aromatic rings. The molecule has 7 nitrogen and oxygen atoms in total. The Morgan fingerprint density at radius 2 is 1.74 bits per heavy atom. The van der Waals surface area contributed by atoms with Gasteiger partial charge < -0.3 is 15.3 Å². The Bertz CT molecular complexity index is 1440. The third-order valence-corrected chi connectivity index (χ3v) is 7.24. The van der Waals surface area contributed by atoms with E-state index in [1.165, 1.54) is 12.1 Å². The third kappa shape index (κ3) is 5.60. The van der Waals surface area contributed by atoms with Gasteiger partial charge in [-0.15, -0.1) is 0 Å². The molecular weight excluding hydrogens is 483 g/mol. The Labute approximate surface area is 220 Å². The number of carbonyl (C=O) groups is 2. The molecule has 0 saturated carbocycles. The maximum Gasteiger partial charge on any atom is 0.255 e. The van der Waals surface area contributed by atoms with Gasteiger partial charge in [0.2, 0.25) is 5.91 Å². The van der Waals surface area contributed by atoms with Crippen LogP contribution in [0.15, 0.2) is 66.7 Å². The molecule has 1 saturated heterocycles. The van der Waals surface area contributed by atoms with Crippen molar-refractivity contribution < 1.29 is 19.1 Å². The van der Waals surface area contributed by atoms with Crippen LogP contribution in [0.25, 0.3) is 16.7 Å². The number of fused-ring (bicyclic) bond motifs is 1. The molecule has 3 aromatic carbocycles. The molecule has 0 bridgehead atoms. The zero-order valence-corrected chi connectivity index (χ0v) is 21.4. The molecule has 1 aliphatic heterocycles. The lowest BCUT2D eigenvalue weighted by atomic mass is 9.93. The molecule has 1 aliphatic rings. The van der Waals surface area contributed by atoms with Gasteiger partial charge in [-0.3, -0.25) is 14.2 Å². The number of imidazole rings is 1. The van der Waals surface area contributed by atoms with Crippen LogP contribution < -0.4 is 5.32 Å². The number of aliphatic hydroxyl groups excluding tert-OH is 1. The van der Waals surface area contributed by atoms with Crippen LogP contribution in [0, 0.1) is 18.7 Å². The maximum atomic E-state index is 13.4. The van der Waals surface area contributed by atoms with Crippen molar-refractivity contribution >= 4 is 28.5 Å². The second-order valence-corrected chi connectivity index (χ2v) is 9.84. The van der Waals surface area contributed by atoms with E-state index >= 15 is 0 Å². The highest BCUT2D eigenvalue weighted by Crippen LogP contribution is 2.24. The number of anilines is 1. The molecule has 2 amide bonds. The van der Waals surface area contributed by atoms with Crippen LogP contribution in [0.2, 0.25) is 0 Å². The lowest BCUT2D eigenvalue weighted by molar-refractivity contribution is -0.131. The smallest absolute Gasteiger partial charge is 0.255 e. The lowest BCUT2D eigenvalue weighted by Gasteiger charge is -2.31. The van der Waals surface area contributed by atoms with Crippen molar-refractivity contribution in [2.24, 2.45) is 5.92 Å². The summed E-state index contributed by atoms with van der Waals surface area (Å²) in [6.45, 7) is 3.55. The van der Waals surface area contributed by atoms with Crippen LogP contribution in [0.1, 0.15) is 41.0 Å². The fourth-order valence-corrected chi connectivity index (χ4v) is 5.10. The number of benzene rings is 3. The van der Waals surface area contributed by atoms with Crippen molar-refractivity contribution in [3.8, 4) is 5.69 Å². The molecule has 5 rings (SSSR count). The average Bonchev–Trinajstić information content (AvgIpc) is 3.25. The Hall–Kier alpha value is -4.04. The maximum absolute atomic E-state index is 13.4. The Morgan fingerprint density at radius 3 is 2.42 bits per heavy atom. The second kappa shape index (κ2) is 11.1. The van der Waals surface area contributed by atoms with Crippen molar-refractivity contribution in [1.82, 2.24) is 14.5 Å². The zero-order chi connectivity index (χ0) is 26.6. The van der Waals surface area contributed by atoms with Gasteiger partial charge in [0.05, 0.1) is 17.5 Å². The van der Waals surface area contributed by atoms with Gasteiger partial charge in [-0.05, 0) is 92.3 Å². The number of nitrogens with zero attached hydrogens (tertiary/aromatic N) is 3. The van der Waals surface area contributed by atoms with Gasteiger partial charge in [-0.2, -0.15) is 0 Å². The number of aromatic nitrogens is 2. The summed E-state index contributed by atoms with van der Waals surface area (Å²) < 4.78 is 15.3. The molecule has 38 heavy (non-hydrogen) atoms. The van der Waals surface area contributed by atoms with Gasteiger partial charge in [0.25, 0.3) is 5.91 Å². The minimum Gasteiger partial charge on any atom is -0.396 e. The molecule has 2 N–H and O–H groups in total. The molecule has 0 spiro atoms. The molecule has 1 fully saturated rings. The summed E-state index contributed by atoms with van der Waals surface area (Å²) in [4.78, 5) is 32.2. The van der Waals surface area contributed by atoms with Crippen LogP contribution in [-0.4, -0.2) is 51.1 Å². The first-order valence-corrected chi connectivity index (χ1v) is 13.0. The summed E-state index contributed by atoms with van der Waals surface area (Å²) in [6.07, 6.45) is 3.00. The van der Waals surface area contributed by atoms with Crippen molar-refractivity contribution in [1.29, 1.82) is 0 Å². The molecule has 8 heteroatoms. The standard InChI is InChI=1S/C30H31FN4O3/c1-20-32-27-11-4-23(19-28(27)35(20)26-9-5-24(31)6-10-26)30(38)33-25-7-2-22(3-8-25)18-29(37)34-15-12-21(13-16-34)14-17-36/h2-11,19,21,36H,12-18H2,1H3,(H,33,38). The highest BCUT2D eigenvalue weighted by molar-refractivity contribution is 6.06. The summed E-state index contributed by atoms with van der Waals surface area (Å²) in [6, 6.07) is 18.8. The predicted octanol–water partition coefficient (Wildman–Crippen LogP) is 4.89. The number of hydrogen-bond acceptors (Lipinski definition) is 4. The first-order valence-electron chi connectivity index (χ1n) is 13.0. The summed E-state index contributed by atoms with van der Waals surface area (Å²) in [5, 5.41) is 12.0. The van der Waals surface area contributed by atoms with Crippen LogP contribution in [0.3, 0.4) is 0 Å². The van der Waals surface area contributed by atoms with E-state index in [4.69, 9.17) is 5.11 Å². The SMILES string of the molecule is Cc1nc2ccc(C(=O)Nc3ccc(CC(=O)N4CCC(CCO)CC4)cc3)cc2n1-c1ccc(F)cc1. The first kappa shape index (κ1) is 25.6. The van der Waals surface area contributed by atoms with E-state index in [0.29, 0.717) is 23.6 Å². The summed E-state index contributed by atoms with van der Waals surface area (Å²) >= 11 is 0. The van der Waals surface area contributed by atoms with E-state index in [0.717, 1.165) is 60.5 Å². The summed E-state index contributed by atoms with van der Waals surface area (Å²) in [5.74, 6) is 0.769. The number of carbonyl (C=O) groups excluding carboxylic acids is 2. The van der Waals surface area contributed by atoms with Gasteiger partial charge in [-0.25, -0.2) is 9.37 Å². The van der Waals surface area contributed by atoms with Crippen molar-refractivity contribution in [2.45, 2.75) is 32.6 Å². The largest absolute Gasteiger partial charge is 0.396 e. The van der Waals surface area contributed by atoms with Gasteiger partial charge in [0, 0.05) is 36.6 Å². The van der Waals surface area contributed by atoms with E-state index in [1.807, 2.05) is 28.5 Å². The van der Waals surface area contributed by atoms with E-state index in [2.05, 4.69) is 10.3 Å². The van der Waals surface area contributed by atoms with Crippen LogP contribution >= 0.6 is 0 Å². The summed E-state index contributed by atoms with van der Waals surface area (Å²) in [7, 11) is 0. The van der Waals surface area contributed by atoms with Crippen molar-refractivity contribution in [3.63, 3.8) is 0 Å². The van der Waals surface area contributed by atoms with E-state index < -0.39 is 0 Å². The van der Waals surface area contributed by atoms with E-state index in [-0.39, 0.29) is 24.2 Å². The van der Waals surface area contributed by atoms with Gasteiger partial charge in [-0.1, -0.05) is 12.1 Å². The molecule has 2 heterocycles. The monoisotopic (exact) mass is 514 g/mol. The highest BCUT2D eigenvalue weighted by Gasteiger charge is 2.22. The number of halogens is 1. The quantitative estimate of drug-likeness (QED) is 0.368. The topological polar surface area (TPSA) is 87.5 Å². The number of piperidine rings is 1. The fraction of sp³-hybridized carbons (Fsp3) is 0.300. The first-order chi connectivity index (χ1) is 18.4. The van der Waals surface area contributed by atoms with Crippen molar-refractivity contribution in [2.75, 3.05) is 25.0 Å². The second-order valence-electron chi connectivity index (χ2n) is 9.84. The van der Waals surface area contributed by atoms with E-state index in [1.54, 1.807) is 42.5 Å². The average molecular weight is 515 g/mol.